The van der Waals surface area contributed by atoms with E-state index in [0.717, 1.165) is 19.3 Å². The first-order valence-electron chi connectivity index (χ1n) is 12.8. The Morgan fingerprint density at radius 2 is 1.38 bits per heavy atom. The molecule has 0 spiro atoms. The standard InChI is InChI=1S/C26H49NO2/c1-3-5-6-7-8-9-10-11-12-13-14-15-16-17-18-21-26(28)29-24-25(4-2)27-22-19-20-23-27/h11-12,25H,3-10,13-24H2,1-2H3/b12-11-. The summed E-state index contributed by atoms with van der Waals surface area (Å²) in [6.45, 7) is 7.39. The highest BCUT2D eigenvalue weighted by molar-refractivity contribution is 5.69. The maximum Gasteiger partial charge on any atom is 0.305 e. The lowest BCUT2D eigenvalue weighted by molar-refractivity contribution is -0.145. The summed E-state index contributed by atoms with van der Waals surface area (Å²) in [6, 6.07) is 0.426. The van der Waals surface area contributed by atoms with Crippen molar-refractivity contribution in [1.82, 2.24) is 4.90 Å². The van der Waals surface area contributed by atoms with Crippen LogP contribution in [0.3, 0.4) is 0 Å². The summed E-state index contributed by atoms with van der Waals surface area (Å²) in [6.07, 6.45) is 25.7. The lowest BCUT2D eigenvalue weighted by Crippen LogP contribution is -2.36. The lowest BCUT2D eigenvalue weighted by Gasteiger charge is -2.25. The molecule has 0 bridgehead atoms. The van der Waals surface area contributed by atoms with Gasteiger partial charge in [-0.2, -0.15) is 0 Å². The number of unbranched alkanes of at least 4 members (excludes halogenated alkanes) is 11. The van der Waals surface area contributed by atoms with Gasteiger partial charge in [-0.05, 0) is 64.5 Å². The van der Waals surface area contributed by atoms with Crippen molar-refractivity contribution >= 4 is 5.97 Å². The van der Waals surface area contributed by atoms with Crippen LogP contribution in [0.5, 0.6) is 0 Å². The van der Waals surface area contributed by atoms with Crippen molar-refractivity contribution in [3.8, 4) is 0 Å². The number of esters is 1. The lowest BCUT2D eigenvalue weighted by atomic mass is 10.1. The van der Waals surface area contributed by atoms with E-state index in [1.165, 1.54) is 96.6 Å². The molecule has 0 radical (unpaired) electrons. The third kappa shape index (κ3) is 14.7. The van der Waals surface area contributed by atoms with Crippen LogP contribution in [-0.2, 0) is 9.53 Å². The molecular formula is C26H49NO2. The van der Waals surface area contributed by atoms with E-state index in [-0.39, 0.29) is 5.97 Å². The van der Waals surface area contributed by atoms with Crippen LogP contribution in [0.25, 0.3) is 0 Å². The van der Waals surface area contributed by atoms with Crippen LogP contribution in [0.15, 0.2) is 12.2 Å². The van der Waals surface area contributed by atoms with Crippen molar-refractivity contribution in [1.29, 1.82) is 0 Å². The largest absolute Gasteiger partial charge is 0.464 e. The van der Waals surface area contributed by atoms with Crippen LogP contribution < -0.4 is 0 Å². The average molecular weight is 408 g/mol. The maximum absolute atomic E-state index is 12.0. The van der Waals surface area contributed by atoms with Gasteiger partial charge in [-0.3, -0.25) is 9.69 Å². The molecule has 0 N–H and O–H groups in total. The van der Waals surface area contributed by atoms with Crippen molar-refractivity contribution in [3.05, 3.63) is 12.2 Å². The summed E-state index contributed by atoms with van der Waals surface area (Å²) < 4.78 is 5.54. The fraction of sp³-hybridized carbons (Fsp3) is 0.885. The molecule has 0 aliphatic carbocycles. The highest BCUT2D eigenvalue weighted by atomic mass is 16.5. The Morgan fingerprint density at radius 1 is 0.828 bits per heavy atom. The first-order valence-corrected chi connectivity index (χ1v) is 12.8. The van der Waals surface area contributed by atoms with E-state index >= 15 is 0 Å². The molecule has 170 valence electrons. The molecule has 29 heavy (non-hydrogen) atoms. The maximum atomic E-state index is 12.0. The summed E-state index contributed by atoms with van der Waals surface area (Å²) >= 11 is 0. The normalized spacial score (nSPS) is 15.9. The van der Waals surface area contributed by atoms with Gasteiger partial charge in [0.05, 0.1) is 0 Å². The Bertz CT molecular complexity index is 402. The van der Waals surface area contributed by atoms with Crippen LogP contribution in [-0.4, -0.2) is 36.6 Å². The highest BCUT2D eigenvalue weighted by Crippen LogP contribution is 2.15. The van der Waals surface area contributed by atoms with Gasteiger partial charge >= 0.3 is 5.97 Å². The van der Waals surface area contributed by atoms with E-state index in [4.69, 9.17) is 4.74 Å². The van der Waals surface area contributed by atoms with Crippen molar-refractivity contribution < 1.29 is 9.53 Å². The predicted molar refractivity (Wildman–Crippen MR) is 125 cm³/mol. The SMILES string of the molecule is CCCCCCCC/C=C\CCCCCCCC(=O)OCC(CC)N1CCCC1. The molecule has 0 aromatic heterocycles. The molecule has 1 rings (SSSR count). The van der Waals surface area contributed by atoms with Crippen LogP contribution in [0, 0.1) is 0 Å². The third-order valence-electron chi connectivity index (χ3n) is 6.21. The molecule has 1 saturated heterocycles. The van der Waals surface area contributed by atoms with Crippen molar-refractivity contribution in [2.45, 2.75) is 129 Å². The predicted octanol–water partition coefficient (Wildman–Crippen LogP) is 7.44. The highest BCUT2D eigenvalue weighted by Gasteiger charge is 2.21. The van der Waals surface area contributed by atoms with Crippen LogP contribution >= 0.6 is 0 Å². The quantitative estimate of drug-likeness (QED) is 0.127. The summed E-state index contributed by atoms with van der Waals surface area (Å²) in [5, 5.41) is 0. The molecule has 3 nitrogen and oxygen atoms in total. The molecule has 1 aliphatic rings. The van der Waals surface area contributed by atoms with E-state index in [1.807, 2.05) is 0 Å². The molecular weight excluding hydrogens is 358 g/mol. The van der Waals surface area contributed by atoms with E-state index in [2.05, 4.69) is 30.9 Å². The Labute approximate surface area is 181 Å². The number of hydrogen-bond donors (Lipinski definition) is 0. The first-order chi connectivity index (χ1) is 14.3. The number of ether oxygens (including phenoxy) is 1. The average Bonchev–Trinajstić information content (AvgIpc) is 3.26. The van der Waals surface area contributed by atoms with Crippen LogP contribution in [0.1, 0.15) is 123 Å². The fourth-order valence-electron chi connectivity index (χ4n) is 4.19. The van der Waals surface area contributed by atoms with Gasteiger partial charge in [0.15, 0.2) is 0 Å². The molecule has 0 aromatic rings. The zero-order valence-electron chi connectivity index (χ0n) is 19.6. The minimum atomic E-state index is 0.000254. The van der Waals surface area contributed by atoms with Gasteiger partial charge in [0.25, 0.3) is 0 Å². The molecule has 3 heteroatoms. The summed E-state index contributed by atoms with van der Waals surface area (Å²) in [4.78, 5) is 14.4. The zero-order valence-corrected chi connectivity index (χ0v) is 19.6. The Morgan fingerprint density at radius 3 is 1.97 bits per heavy atom. The Kier molecular flexibility index (Phi) is 17.3. The minimum Gasteiger partial charge on any atom is -0.464 e. The van der Waals surface area contributed by atoms with Gasteiger partial charge in [-0.1, -0.05) is 77.4 Å². The van der Waals surface area contributed by atoms with Crippen molar-refractivity contribution in [3.63, 3.8) is 0 Å². The Hall–Kier alpha value is -0.830. The van der Waals surface area contributed by atoms with E-state index < -0.39 is 0 Å². The van der Waals surface area contributed by atoms with Gasteiger partial charge in [-0.15, -0.1) is 0 Å². The van der Waals surface area contributed by atoms with Crippen LogP contribution in [0.4, 0.5) is 0 Å². The monoisotopic (exact) mass is 407 g/mol. The van der Waals surface area contributed by atoms with Crippen molar-refractivity contribution in [2.75, 3.05) is 19.7 Å². The van der Waals surface area contributed by atoms with E-state index in [9.17, 15) is 4.79 Å². The molecule has 1 aliphatic heterocycles. The number of hydrogen-bond acceptors (Lipinski definition) is 3. The van der Waals surface area contributed by atoms with Gasteiger partial charge < -0.3 is 4.74 Å². The zero-order chi connectivity index (χ0) is 21.0. The summed E-state index contributed by atoms with van der Waals surface area (Å²) in [7, 11) is 0. The number of nitrogens with zero attached hydrogens (tertiary/aromatic N) is 1. The number of allylic oxidation sites excluding steroid dienone is 2. The smallest absolute Gasteiger partial charge is 0.305 e. The second-order valence-electron chi connectivity index (χ2n) is 8.82. The molecule has 0 saturated carbocycles. The molecule has 1 heterocycles. The molecule has 1 fully saturated rings. The number of rotatable bonds is 19. The fourth-order valence-corrected chi connectivity index (χ4v) is 4.19. The Balaban J connectivity index is 1.85. The topological polar surface area (TPSA) is 29.5 Å². The van der Waals surface area contributed by atoms with E-state index in [1.54, 1.807) is 0 Å². The first kappa shape index (κ1) is 26.2. The van der Waals surface area contributed by atoms with Gasteiger partial charge in [0, 0.05) is 12.5 Å². The van der Waals surface area contributed by atoms with Gasteiger partial charge in [0.1, 0.15) is 6.61 Å². The van der Waals surface area contributed by atoms with E-state index in [0.29, 0.717) is 19.1 Å². The minimum absolute atomic E-state index is 0.000254. The van der Waals surface area contributed by atoms with Crippen LogP contribution in [0.2, 0.25) is 0 Å². The second-order valence-corrected chi connectivity index (χ2v) is 8.82. The van der Waals surface area contributed by atoms with Gasteiger partial charge in [-0.25, -0.2) is 0 Å². The molecule has 0 amide bonds. The summed E-state index contributed by atoms with van der Waals surface area (Å²) in [5.74, 6) is 0.000254. The van der Waals surface area contributed by atoms with Crippen molar-refractivity contribution in [2.24, 2.45) is 0 Å². The number of likely N-dealkylation sites (tertiary alicyclic amines) is 1. The van der Waals surface area contributed by atoms with Gasteiger partial charge in [0.2, 0.25) is 0 Å². The second kappa shape index (κ2) is 19.2. The summed E-state index contributed by atoms with van der Waals surface area (Å²) in [5.41, 5.74) is 0. The molecule has 1 unspecified atom stereocenters. The number of carbonyl (C=O) groups is 1. The molecule has 1 atom stereocenters. The molecule has 0 aromatic carbocycles. The number of carbonyl (C=O) groups excluding carboxylic acids is 1. The third-order valence-corrected chi connectivity index (χ3v) is 6.21.